The summed E-state index contributed by atoms with van der Waals surface area (Å²) in [6.45, 7) is 1.95. The second-order valence-corrected chi connectivity index (χ2v) is 10.1. The Morgan fingerprint density at radius 1 is 0.906 bits per heavy atom. The number of carbonyl (C=O) groups is 1. The maximum absolute atomic E-state index is 13.4. The number of anilines is 1. The minimum atomic E-state index is -3.95. The Morgan fingerprint density at radius 3 is 2.03 bits per heavy atom. The third-order valence-corrected chi connectivity index (χ3v) is 8.85. The molecule has 2 aromatic carbocycles. The van der Waals surface area contributed by atoms with Crippen LogP contribution in [0.15, 0.2) is 54.6 Å². The van der Waals surface area contributed by atoms with Crippen LogP contribution in [0.2, 0.25) is 0 Å². The van der Waals surface area contributed by atoms with E-state index in [9.17, 15) is 18.4 Å². The maximum Gasteiger partial charge on any atom is 0.266 e. The number of halogens is 1. The van der Waals surface area contributed by atoms with Gasteiger partial charge in [0.25, 0.3) is 5.91 Å². The monoisotopic (exact) mass is 481 g/mol. The first-order valence-corrected chi connectivity index (χ1v) is 11.8. The van der Waals surface area contributed by atoms with Crippen molar-refractivity contribution in [2.24, 2.45) is 0 Å². The van der Waals surface area contributed by atoms with Gasteiger partial charge in [-0.05, 0) is 23.3 Å². The quantitative estimate of drug-likeness (QED) is 0.502. The number of nitrogens with zero attached hydrogens (tertiary/aromatic N) is 2. The lowest BCUT2D eigenvalue weighted by atomic mass is 9.98. The second kappa shape index (κ2) is 10.2. The molecule has 2 saturated heterocycles. The van der Waals surface area contributed by atoms with E-state index >= 15 is 0 Å². The zero-order valence-corrected chi connectivity index (χ0v) is 19.3. The number of rotatable bonds is 5. The SMILES string of the molecule is Cl.O=C(NO)C1(S(=O)(=O)N2CCN(c3ccc(-c4ccccc4)cc3)CC2)CCOCC1. The standard InChI is InChI=1S/C22H27N3O5S.ClH/c26-21(23-27)22(10-16-30-17-11-22)31(28,29)25-14-12-24(13-15-25)20-8-6-19(7-9-20)18-4-2-1-3-5-18;/h1-9,27H,10-17H2,(H,23,26);1H. The molecule has 32 heavy (non-hydrogen) atoms. The number of benzene rings is 2. The number of hydroxylamine groups is 1. The first-order valence-electron chi connectivity index (χ1n) is 10.4. The van der Waals surface area contributed by atoms with Gasteiger partial charge in [0.2, 0.25) is 10.0 Å². The van der Waals surface area contributed by atoms with Crippen molar-refractivity contribution in [2.45, 2.75) is 17.6 Å². The average molecular weight is 482 g/mol. The number of nitrogens with one attached hydrogen (secondary N) is 1. The second-order valence-electron chi connectivity index (χ2n) is 7.85. The molecule has 0 atom stereocenters. The molecule has 4 rings (SSSR count). The summed E-state index contributed by atoms with van der Waals surface area (Å²) in [4.78, 5) is 14.5. The Labute approximate surface area is 194 Å². The van der Waals surface area contributed by atoms with Gasteiger partial charge in [0.05, 0.1) is 0 Å². The lowest BCUT2D eigenvalue weighted by Crippen LogP contribution is -2.62. The van der Waals surface area contributed by atoms with E-state index in [2.05, 4.69) is 29.2 Å². The van der Waals surface area contributed by atoms with E-state index in [0.29, 0.717) is 13.1 Å². The van der Waals surface area contributed by atoms with Crippen LogP contribution in [0.25, 0.3) is 11.1 Å². The number of carbonyl (C=O) groups excluding carboxylic acids is 1. The molecule has 0 aliphatic carbocycles. The van der Waals surface area contributed by atoms with E-state index in [4.69, 9.17) is 4.74 Å². The van der Waals surface area contributed by atoms with Crippen LogP contribution in [0.1, 0.15) is 12.8 Å². The van der Waals surface area contributed by atoms with E-state index in [1.807, 2.05) is 30.3 Å². The molecule has 0 bridgehead atoms. The number of piperazine rings is 1. The van der Waals surface area contributed by atoms with Gasteiger partial charge in [-0.1, -0.05) is 42.5 Å². The summed E-state index contributed by atoms with van der Waals surface area (Å²) in [5.74, 6) is -0.880. The van der Waals surface area contributed by atoms with E-state index < -0.39 is 20.7 Å². The zero-order valence-electron chi connectivity index (χ0n) is 17.6. The summed E-state index contributed by atoms with van der Waals surface area (Å²) in [6.07, 6.45) is 0.0613. The van der Waals surface area contributed by atoms with Gasteiger partial charge in [0.15, 0.2) is 4.75 Å². The number of sulfonamides is 1. The Balaban J connectivity index is 0.00000289. The predicted molar refractivity (Wildman–Crippen MR) is 125 cm³/mol. The average Bonchev–Trinajstić information content (AvgIpc) is 2.84. The van der Waals surface area contributed by atoms with Gasteiger partial charge in [-0.2, -0.15) is 4.31 Å². The number of hydrogen-bond donors (Lipinski definition) is 2. The fourth-order valence-electron chi connectivity index (χ4n) is 4.33. The van der Waals surface area contributed by atoms with Crippen molar-refractivity contribution in [3.8, 4) is 11.1 Å². The van der Waals surface area contributed by atoms with Crippen molar-refractivity contribution in [1.82, 2.24) is 9.79 Å². The Hall–Kier alpha value is -2.17. The van der Waals surface area contributed by atoms with Gasteiger partial charge in [-0.3, -0.25) is 10.0 Å². The molecule has 0 spiro atoms. The van der Waals surface area contributed by atoms with Crippen LogP contribution in [0.5, 0.6) is 0 Å². The van der Waals surface area contributed by atoms with E-state index in [-0.39, 0.29) is 51.6 Å². The first-order chi connectivity index (χ1) is 15.0. The van der Waals surface area contributed by atoms with Gasteiger partial charge in [-0.15, -0.1) is 12.4 Å². The van der Waals surface area contributed by atoms with Gasteiger partial charge in [0, 0.05) is 57.9 Å². The van der Waals surface area contributed by atoms with Crippen molar-refractivity contribution in [2.75, 3.05) is 44.3 Å². The molecule has 2 fully saturated rings. The van der Waals surface area contributed by atoms with Crippen molar-refractivity contribution < 1.29 is 23.2 Å². The van der Waals surface area contributed by atoms with Crippen LogP contribution in [0.4, 0.5) is 5.69 Å². The molecule has 2 aliphatic rings. The van der Waals surface area contributed by atoms with Crippen LogP contribution < -0.4 is 10.4 Å². The van der Waals surface area contributed by atoms with Gasteiger partial charge < -0.3 is 9.64 Å². The molecule has 0 radical (unpaired) electrons. The number of hydrogen-bond acceptors (Lipinski definition) is 6. The number of ether oxygens (including phenoxy) is 1. The summed E-state index contributed by atoms with van der Waals surface area (Å²) in [6, 6.07) is 18.3. The lowest BCUT2D eigenvalue weighted by molar-refractivity contribution is -0.134. The molecule has 1 amide bonds. The van der Waals surface area contributed by atoms with Crippen LogP contribution in [-0.2, 0) is 19.6 Å². The van der Waals surface area contributed by atoms with Crippen LogP contribution in [0.3, 0.4) is 0 Å². The molecule has 0 unspecified atom stereocenters. The van der Waals surface area contributed by atoms with E-state index in [0.717, 1.165) is 16.8 Å². The first kappa shape index (κ1) is 24.5. The largest absolute Gasteiger partial charge is 0.381 e. The molecule has 10 heteroatoms. The van der Waals surface area contributed by atoms with Crippen molar-refractivity contribution in [3.63, 3.8) is 0 Å². The molecule has 2 heterocycles. The maximum atomic E-state index is 13.4. The highest BCUT2D eigenvalue weighted by molar-refractivity contribution is 7.91. The Bertz CT molecular complexity index is 1000. The molecule has 0 saturated carbocycles. The van der Waals surface area contributed by atoms with Crippen molar-refractivity contribution in [1.29, 1.82) is 0 Å². The highest BCUT2D eigenvalue weighted by Gasteiger charge is 2.54. The summed E-state index contributed by atoms with van der Waals surface area (Å²) >= 11 is 0. The highest BCUT2D eigenvalue weighted by Crippen LogP contribution is 2.34. The fraction of sp³-hybridized carbons (Fsp3) is 0.409. The Morgan fingerprint density at radius 2 is 1.47 bits per heavy atom. The molecule has 2 aliphatic heterocycles. The fourth-order valence-corrected chi connectivity index (χ4v) is 6.44. The molecule has 2 N–H and O–H groups in total. The summed E-state index contributed by atoms with van der Waals surface area (Å²) < 4.78 is 31.7. The van der Waals surface area contributed by atoms with Crippen LogP contribution in [0, 0.1) is 0 Å². The van der Waals surface area contributed by atoms with Gasteiger partial charge in [0.1, 0.15) is 0 Å². The number of amides is 1. The summed E-state index contributed by atoms with van der Waals surface area (Å²) in [5.41, 5.74) is 4.87. The Kier molecular flexibility index (Phi) is 7.79. The third-order valence-electron chi connectivity index (χ3n) is 6.23. The van der Waals surface area contributed by atoms with Gasteiger partial charge in [-0.25, -0.2) is 13.9 Å². The predicted octanol–water partition coefficient (Wildman–Crippen LogP) is 2.28. The normalized spacial score (nSPS) is 19.1. The summed E-state index contributed by atoms with van der Waals surface area (Å²) in [7, 11) is -3.95. The molecule has 2 aromatic rings. The molecule has 8 nitrogen and oxygen atoms in total. The third kappa shape index (κ3) is 4.49. The zero-order chi connectivity index (χ0) is 21.9. The smallest absolute Gasteiger partial charge is 0.266 e. The van der Waals surface area contributed by atoms with E-state index in [1.165, 1.54) is 4.31 Å². The molecular formula is C22H28ClN3O5S. The molecule has 0 aromatic heterocycles. The summed E-state index contributed by atoms with van der Waals surface area (Å²) in [5, 5.41) is 9.18. The lowest BCUT2D eigenvalue weighted by Gasteiger charge is -2.42. The highest BCUT2D eigenvalue weighted by atomic mass is 35.5. The molecule has 174 valence electrons. The van der Waals surface area contributed by atoms with Crippen molar-refractivity contribution >= 4 is 34.0 Å². The minimum Gasteiger partial charge on any atom is -0.381 e. The van der Waals surface area contributed by atoms with Crippen LogP contribution >= 0.6 is 12.4 Å². The topological polar surface area (TPSA) is 99.2 Å². The molecular weight excluding hydrogens is 454 g/mol. The minimum absolute atomic E-state index is 0. The van der Waals surface area contributed by atoms with Crippen molar-refractivity contribution in [3.05, 3.63) is 54.6 Å². The van der Waals surface area contributed by atoms with E-state index in [1.54, 1.807) is 5.48 Å². The van der Waals surface area contributed by atoms with Gasteiger partial charge >= 0.3 is 0 Å². The van der Waals surface area contributed by atoms with Crippen LogP contribution in [-0.4, -0.2) is 68.0 Å².